The van der Waals surface area contributed by atoms with E-state index < -0.39 is 0 Å². The molecule has 1 aromatic rings. The quantitative estimate of drug-likeness (QED) is 0.802. The van der Waals surface area contributed by atoms with Gasteiger partial charge in [-0.3, -0.25) is 4.79 Å². The maximum atomic E-state index is 13.9. The monoisotopic (exact) mass is 296 g/mol. The molecule has 0 aliphatic carbocycles. The molecule has 0 bridgehead atoms. The molecule has 1 atom stereocenters. The summed E-state index contributed by atoms with van der Waals surface area (Å²) >= 11 is 0. The minimum absolute atomic E-state index is 0.111. The Morgan fingerprint density at radius 1 is 1.38 bits per heavy atom. The molecule has 1 rings (SSSR count). The lowest BCUT2D eigenvalue weighted by atomic mass is 10.1. The molecule has 0 aliphatic heterocycles. The Morgan fingerprint density at radius 2 is 2.05 bits per heavy atom. The fraction of sp³-hybridized carbons (Fsp3) is 0.562. The largest absolute Gasteiger partial charge is 0.496 e. The van der Waals surface area contributed by atoms with E-state index in [0.29, 0.717) is 37.4 Å². The molecule has 0 aromatic heterocycles. The van der Waals surface area contributed by atoms with E-state index in [0.717, 1.165) is 0 Å². The highest BCUT2D eigenvalue weighted by molar-refractivity contribution is 5.76. The van der Waals surface area contributed by atoms with Crippen molar-refractivity contribution < 1.29 is 13.9 Å². The van der Waals surface area contributed by atoms with Crippen LogP contribution >= 0.6 is 0 Å². The standard InChI is InChI=1S/C16H25FN2O2/c1-5-19(6-2)15(20)10-11-18-12(3)16-13(17)8-7-9-14(16)21-4/h7-9,12,18H,5-6,10-11H2,1-4H3. The number of rotatable bonds is 8. The molecule has 1 N–H and O–H groups in total. The van der Waals surface area contributed by atoms with Crippen LogP contribution in [-0.2, 0) is 4.79 Å². The normalized spacial score (nSPS) is 12.0. The fourth-order valence-electron chi connectivity index (χ4n) is 2.35. The third-order valence-corrected chi connectivity index (χ3v) is 3.57. The average molecular weight is 296 g/mol. The highest BCUT2D eigenvalue weighted by Crippen LogP contribution is 2.27. The van der Waals surface area contributed by atoms with Gasteiger partial charge in [0.1, 0.15) is 11.6 Å². The van der Waals surface area contributed by atoms with Crippen molar-refractivity contribution in [2.24, 2.45) is 0 Å². The maximum absolute atomic E-state index is 13.9. The Morgan fingerprint density at radius 3 is 2.62 bits per heavy atom. The first-order valence-corrected chi connectivity index (χ1v) is 7.38. The summed E-state index contributed by atoms with van der Waals surface area (Å²) in [5, 5.41) is 3.18. The van der Waals surface area contributed by atoms with Gasteiger partial charge in [-0.15, -0.1) is 0 Å². The second-order valence-corrected chi connectivity index (χ2v) is 4.85. The zero-order valence-corrected chi connectivity index (χ0v) is 13.3. The van der Waals surface area contributed by atoms with Crippen molar-refractivity contribution in [3.63, 3.8) is 0 Å². The van der Waals surface area contributed by atoms with E-state index in [-0.39, 0.29) is 17.8 Å². The van der Waals surface area contributed by atoms with Crippen LogP contribution in [0.25, 0.3) is 0 Å². The third kappa shape index (κ3) is 4.70. The van der Waals surface area contributed by atoms with Crippen molar-refractivity contribution >= 4 is 5.91 Å². The minimum Gasteiger partial charge on any atom is -0.496 e. The smallest absolute Gasteiger partial charge is 0.223 e. The van der Waals surface area contributed by atoms with Crippen molar-refractivity contribution in [2.75, 3.05) is 26.7 Å². The van der Waals surface area contributed by atoms with Crippen LogP contribution in [0.5, 0.6) is 5.75 Å². The lowest BCUT2D eigenvalue weighted by Gasteiger charge is -2.21. The molecule has 0 radical (unpaired) electrons. The van der Waals surface area contributed by atoms with E-state index in [1.807, 2.05) is 20.8 Å². The second-order valence-electron chi connectivity index (χ2n) is 4.85. The molecule has 21 heavy (non-hydrogen) atoms. The maximum Gasteiger partial charge on any atom is 0.223 e. The predicted molar refractivity (Wildman–Crippen MR) is 81.9 cm³/mol. The summed E-state index contributed by atoms with van der Waals surface area (Å²) in [6, 6.07) is 4.55. The summed E-state index contributed by atoms with van der Waals surface area (Å²) < 4.78 is 19.1. The van der Waals surface area contributed by atoms with Gasteiger partial charge in [-0.25, -0.2) is 4.39 Å². The van der Waals surface area contributed by atoms with Crippen LogP contribution in [-0.4, -0.2) is 37.6 Å². The zero-order valence-electron chi connectivity index (χ0n) is 13.3. The summed E-state index contributed by atoms with van der Waals surface area (Å²) in [5.74, 6) is 0.328. The SMILES string of the molecule is CCN(CC)C(=O)CCNC(C)c1c(F)cccc1OC. The molecular weight excluding hydrogens is 271 g/mol. The minimum atomic E-state index is -0.301. The van der Waals surface area contributed by atoms with Crippen molar-refractivity contribution in [3.8, 4) is 5.75 Å². The van der Waals surface area contributed by atoms with E-state index in [2.05, 4.69) is 5.32 Å². The molecule has 1 amide bonds. The topological polar surface area (TPSA) is 41.6 Å². The second kappa shape index (κ2) is 8.62. The van der Waals surface area contributed by atoms with Gasteiger partial charge in [0.25, 0.3) is 0 Å². The first-order chi connectivity index (χ1) is 10.0. The van der Waals surface area contributed by atoms with Gasteiger partial charge in [0.05, 0.1) is 7.11 Å². The number of ether oxygens (including phenoxy) is 1. The number of methoxy groups -OCH3 is 1. The van der Waals surface area contributed by atoms with Gasteiger partial charge in [0.15, 0.2) is 0 Å². The number of nitrogens with zero attached hydrogens (tertiary/aromatic N) is 1. The average Bonchev–Trinajstić information content (AvgIpc) is 2.47. The lowest BCUT2D eigenvalue weighted by molar-refractivity contribution is -0.130. The molecular formula is C16H25FN2O2. The van der Waals surface area contributed by atoms with Gasteiger partial charge in [-0.05, 0) is 32.9 Å². The summed E-state index contributed by atoms with van der Waals surface area (Å²) in [4.78, 5) is 13.7. The fourth-order valence-corrected chi connectivity index (χ4v) is 2.35. The number of hydrogen-bond donors (Lipinski definition) is 1. The van der Waals surface area contributed by atoms with Crippen LogP contribution in [0.3, 0.4) is 0 Å². The lowest BCUT2D eigenvalue weighted by Crippen LogP contribution is -2.33. The van der Waals surface area contributed by atoms with E-state index in [1.165, 1.54) is 13.2 Å². The van der Waals surface area contributed by atoms with Gasteiger partial charge in [-0.1, -0.05) is 6.07 Å². The molecule has 0 heterocycles. The molecule has 5 heteroatoms. The van der Waals surface area contributed by atoms with Crippen molar-refractivity contribution in [3.05, 3.63) is 29.6 Å². The van der Waals surface area contributed by atoms with E-state index in [4.69, 9.17) is 4.74 Å². The van der Waals surface area contributed by atoms with E-state index in [9.17, 15) is 9.18 Å². The molecule has 4 nitrogen and oxygen atoms in total. The Kier molecular flexibility index (Phi) is 7.15. The molecule has 0 saturated carbocycles. The molecule has 0 saturated heterocycles. The first kappa shape index (κ1) is 17.4. The Labute approximate surface area is 126 Å². The van der Waals surface area contributed by atoms with Crippen molar-refractivity contribution in [2.45, 2.75) is 33.2 Å². The van der Waals surface area contributed by atoms with Crippen LogP contribution in [0.4, 0.5) is 4.39 Å². The number of amides is 1. The number of benzene rings is 1. The van der Waals surface area contributed by atoms with E-state index in [1.54, 1.807) is 17.0 Å². The van der Waals surface area contributed by atoms with E-state index >= 15 is 0 Å². The number of hydrogen-bond acceptors (Lipinski definition) is 3. The van der Waals surface area contributed by atoms with Gasteiger partial charge >= 0.3 is 0 Å². The predicted octanol–water partition coefficient (Wildman–Crippen LogP) is 2.74. The van der Waals surface area contributed by atoms with Crippen LogP contribution < -0.4 is 10.1 Å². The van der Waals surface area contributed by atoms with Gasteiger partial charge in [-0.2, -0.15) is 0 Å². The molecule has 0 aliphatic rings. The molecule has 0 fully saturated rings. The Hall–Kier alpha value is -1.62. The van der Waals surface area contributed by atoms with Gasteiger partial charge in [0, 0.05) is 37.7 Å². The molecule has 1 unspecified atom stereocenters. The molecule has 118 valence electrons. The van der Waals surface area contributed by atoms with Gasteiger partial charge in [0.2, 0.25) is 5.91 Å². The van der Waals surface area contributed by atoms with Crippen LogP contribution in [0.15, 0.2) is 18.2 Å². The van der Waals surface area contributed by atoms with Crippen LogP contribution in [0, 0.1) is 5.82 Å². The summed E-state index contributed by atoms with van der Waals surface area (Å²) in [7, 11) is 1.52. The number of nitrogens with one attached hydrogen (secondary N) is 1. The summed E-state index contributed by atoms with van der Waals surface area (Å²) in [5.41, 5.74) is 0.496. The summed E-state index contributed by atoms with van der Waals surface area (Å²) in [6.45, 7) is 7.72. The van der Waals surface area contributed by atoms with Crippen molar-refractivity contribution in [1.82, 2.24) is 10.2 Å². The van der Waals surface area contributed by atoms with Crippen LogP contribution in [0.2, 0.25) is 0 Å². The number of halogens is 1. The highest BCUT2D eigenvalue weighted by atomic mass is 19.1. The Balaban J connectivity index is 2.59. The number of carbonyl (C=O) groups is 1. The highest BCUT2D eigenvalue weighted by Gasteiger charge is 2.16. The Bertz CT molecular complexity index is 462. The zero-order chi connectivity index (χ0) is 15.8. The van der Waals surface area contributed by atoms with Crippen molar-refractivity contribution in [1.29, 1.82) is 0 Å². The first-order valence-electron chi connectivity index (χ1n) is 7.38. The number of carbonyl (C=O) groups excluding carboxylic acids is 1. The molecule has 1 aromatic carbocycles. The summed E-state index contributed by atoms with van der Waals surface area (Å²) in [6.07, 6.45) is 0.406. The molecule has 0 spiro atoms. The van der Waals surface area contributed by atoms with Gasteiger partial charge < -0.3 is 15.0 Å². The third-order valence-electron chi connectivity index (χ3n) is 3.57. The van der Waals surface area contributed by atoms with Crippen LogP contribution in [0.1, 0.15) is 38.8 Å².